The number of urea groups is 1. The molecule has 0 aliphatic carbocycles. The predicted molar refractivity (Wildman–Crippen MR) is 95.6 cm³/mol. The van der Waals surface area contributed by atoms with Crippen LogP contribution in [-0.4, -0.2) is 67.6 Å². The Labute approximate surface area is 149 Å². The van der Waals surface area contributed by atoms with Crippen LogP contribution in [0.25, 0.3) is 0 Å². The fraction of sp³-hybridized carbons (Fsp3) is 0.632. The van der Waals surface area contributed by atoms with Crippen LogP contribution in [0.1, 0.15) is 25.3 Å². The van der Waals surface area contributed by atoms with E-state index in [4.69, 9.17) is 9.47 Å². The molecule has 1 aromatic carbocycles. The lowest BCUT2D eigenvalue weighted by Crippen LogP contribution is -2.55. The summed E-state index contributed by atoms with van der Waals surface area (Å²) in [5.41, 5.74) is 2.34. The van der Waals surface area contributed by atoms with Gasteiger partial charge < -0.3 is 14.4 Å². The predicted octanol–water partition coefficient (Wildman–Crippen LogP) is 2.29. The summed E-state index contributed by atoms with van der Waals surface area (Å²) >= 11 is 0. The van der Waals surface area contributed by atoms with E-state index in [-0.39, 0.29) is 18.4 Å². The molecule has 0 spiro atoms. The molecule has 6 nitrogen and oxygen atoms in total. The van der Waals surface area contributed by atoms with Gasteiger partial charge >= 0.3 is 6.03 Å². The van der Waals surface area contributed by atoms with E-state index in [2.05, 4.69) is 23.1 Å². The lowest BCUT2D eigenvalue weighted by molar-refractivity contribution is -0.0647. The summed E-state index contributed by atoms with van der Waals surface area (Å²) in [5.74, 6) is 0. The van der Waals surface area contributed by atoms with Gasteiger partial charge in [0, 0.05) is 38.8 Å². The van der Waals surface area contributed by atoms with Crippen molar-refractivity contribution in [3.8, 4) is 0 Å². The second-order valence-electron chi connectivity index (χ2n) is 7.00. The number of carbonyl (C=O) groups excluding carboxylic acids is 1. The first-order chi connectivity index (χ1) is 12.3. The summed E-state index contributed by atoms with van der Waals surface area (Å²) in [7, 11) is 0. The zero-order valence-corrected chi connectivity index (χ0v) is 14.9. The molecule has 0 atom stereocenters. The molecule has 25 heavy (non-hydrogen) atoms. The summed E-state index contributed by atoms with van der Waals surface area (Å²) in [5, 5.41) is 0. The molecular weight excluding hydrogens is 318 g/mol. The second kappa shape index (κ2) is 7.32. The highest BCUT2D eigenvalue weighted by atomic mass is 16.7. The number of fused-ring (bicyclic) bond motifs is 1. The van der Waals surface area contributed by atoms with Crippen LogP contribution in [0.2, 0.25) is 0 Å². The highest BCUT2D eigenvalue weighted by Gasteiger charge is 2.36. The highest BCUT2D eigenvalue weighted by molar-refractivity contribution is 5.95. The van der Waals surface area contributed by atoms with E-state index < -0.39 is 0 Å². The molecule has 6 heteroatoms. The summed E-state index contributed by atoms with van der Waals surface area (Å²) in [4.78, 5) is 19.4. The van der Waals surface area contributed by atoms with E-state index in [0.29, 0.717) is 13.2 Å². The molecule has 3 heterocycles. The van der Waals surface area contributed by atoms with Crippen molar-refractivity contribution in [3.05, 3.63) is 29.8 Å². The van der Waals surface area contributed by atoms with E-state index in [0.717, 1.165) is 51.3 Å². The maximum Gasteiger partial charge on any atom is 0.325 e. The SMILES string of the molecule is CCN1Cc2ccccc2N(C2CCN(CC3OCCO3)CC2)C1=O. The van der Waals surface area contributed by atoms with E-state index in [1.807, 2.05) is 22.8 Å². The molecule has 0 radical (unpaired) electrons. The van der Waals surface area contributed by atoms with Crippen molar-refractivity contribution in [1.82, 2.24) is 9.80 Å². The number of ether oxygens (including phenoxy) is 2. The van der Waals surface area contributed by atoms with Gasteiger partial charge in [-0.25, -0.2) is 4.79 Å². The molecule has 0 N–H and O–H groups in total. The van der Waals surface area contributed by atoms with Gasteiger partial charge in [-0.2, -0.15) is 0 Å². The van der Waals surface area contributed by atoms with Gasteiger partial charge in [0.2, 0.25) is 0 Å². The van der Waals surface area contributed by atoms with Gasteiger partial charge in [-0.3, -0.25) is 9.80 Å². The Hall–Kier alpha value is -1.63. The second-order valence-corrected chi connectivity index (χ2v) is 7.00. The van der Waals surface area contributed by atoms with E-state index in [1.54, 1.807) is 0 Å². The number of hydrogen-bond acceptors (Lipinski definition) is 4. The van der Waals surface area contributed by atoms with Crippen LogP contribution in [0.15, 0.2) is 24.3 Å². The lowest BCUT2D eigenvalue weighted by Gasteiger charge is -2.44. The normalized spacial score (nSPS) is 23.3. The Morgan fingerprint density at radius 3 is 2.56 bits per heavy atom. The molecule has 0 aromatic heterocycles. The number of hydrogen-bond donors (Lipinski definition) is 0. The number of nitrogens with zero attached hydrogens (tertiary/aromatic N) is 3. The van der Waals surface area contributed by atoms with Crippen LogP contribution in [0.4, 0.5) is 10.5 Å². The standard InChI is InChI=1S/C19H27N3O3/c1-2-21-13-15-5-3-4-6-17(15)22(19(21)23)16-7-9-20(10-8-16)14-18-24-11-12-25-18/h3-6,16,18H,2,7-14H2,1H3. The van der Waals surface area contributed by atoms with Crippen LogP contribution in [-0.2, 0) is 16.0 Å². The number of benzene rings is 1. The van der Waals surface area contributed by atoms with Crippen molar-refractivity contribution in [3.63, 3.8) is 0 Å². The molecule has 4 rings (SSSR count). The smallest absolute Gasteiger partial charge is 0.325 e. The summed E-state index contributed by atoms with van der Waals surface area (Å²) < 4.78 is 11.1. The molecule has 136 valence electrons. The molecular formula is C19H27N3O3. The minimum Gasteiger partial charge on any atom is -0.349 e. The van der Waals surface area contributed by atoms with Gasteiger partial charge in [-0.1, -0.05) is 18.2 Å². The monoisotopic (exact) mass is 345 g/mol. The molecule has 0 unspecified atom stereocenters. The molecule has 2 amide bonds. The largest absolute Gasteiger partial charge is 0.349 e. The Morgan fingerprint density at radius 2 is 1.84 bits per heavy atom. The van der Waals surface area contributed by atoms with Crippen LogP contribution in [0.5, 0.6) is 0 Å². The first-order valence-corrected chi connectivity index (χ1v) is 9.38. The number of amides is 2. The van der Waals surface area contributed by atoms with Crippen molar-refractivity contribution in [2.75, 3.05) is 44.3 Å². The summed E-state index contributed by atoms with van der Waals surface area (Å²) in [6, 6.07) is 8.75. The van der Waals surface area contributed by atoms with Gasteiger partial charge in [-0.05, 0) is 31.4 Å². The Morgan fingerprint density at radius 1 is 1.12 bits per heavy atom. The molecule has 2 fully saturated rings. The highest BCUT2D eigenvalue weighted by Crippen LogP contribution is 2.33. The third kappa shape index (κ3) is 3.38. The number of carbonyl (C=O) groups is 1. The summed E-state index contributed by atoms with van der Waals surface area (Å²) in [6.07, 6.45) is 1.90. The van der Waals surface area contributed by atoms with Crippen LogP contribution in [0, 0.1) is 0 Å². The van der Waals surface area contributed by atoms with Gasteiger partial charge in [-0.15, -0.1) is 0 Å². The third-order valence-corrected chi connectivity index (χ3v) is 5.49. The van der Waals surface area contributed by atoms with Crippen LogP contribution < -0.4 is 4.90 Å². The third-order valence-electron chi connectivity index (χ3n) is 5.49. The van der Waals surface area contributed by atoms with E-state index >= 15 is 0 Å². The molecule has 0 bridgehead atoms. The zero-order chi connectivity index (χ0) is 17.2. The first-order valence-electron chi connectivity index (χ1n) is 9.38. The summed E-state index contributed by atoms with van der Waals surface area (Å²) in [6.45, 7) is 7.71. The van der Waals surface area contributed by atoms with Gasteiger partial charge in [0.25, 0.3) is 0 Å². The van der Waals surface area contributed by atoms with Crippen LogP contribution >= 0.6 is 0 Å². The van der Waals surface area contributed by atoms with Gasteiger partial charge in [0.15, 0.2) is 6.29 Å². The zero-order valence-electron chi connectivity index (χ0n) is 14.9. The number of rotatable bonds is 4. The number of para-hydroxylation sites is 1. The van der Waals surface area contributed by atoms with Crippen LogP contribution in [0.3, 0.4) is 0 Å². The number of likely N-dealkylation sites (tertiary alicyclic amines) is 1. The topological polar surface area (TPSA) is 45.2 Å². The quantitative estimate of drug-likeness (QED) is 0.840. The maximum absolute atomic E-state index is 13.0. The Bertz CT molecular complexity index is 610. The fourth-order valence-electron chi connectivity index (χ4n) is 4.09. The minimum atomic E-state index is -0.0792. The number of piperidine rings is 1. The molecule has 3 aliphatic heterocycles. The van der Waals surface area contributed by atoms with E-state index in [1.165, 1.54) is 5.56 Å². The van der Waals surface area contributed by atoms with Crippen molar-refractivity contribution in [2.24, 2.45) is 0 Å². The van der Waals surface area contributed by atoms with Crippen molar-refractivity contribution in [2.45, 2.75) is 38.6 Å². The molecule has 2 saturated heterocycles. The molecule has 1 aromatic rings. The maximum atomic E-state index is 13.0. The van der Waals surface area contributed by atoms with E-state index in [9.17, 15) is 4.79 Å². The first kappa shape index (κ1) is 16.8. The van der Waals surface area contributed by atoms with Gasteiger partial charge in [0.1, 0.15) is 0 Å². The molecule has 0 saturated carbocycles. The lowest BCUT2D eigenvalue weighted by atomic mass is 9.99. The van der Waals surface area contributed by atoms with Crippen molar-refractivity contribution < 1.29 is 14.3 Å². The average Bonchev–Trinajstić information content (AvgIpc) is 3.15. The number of anilines is 1. The Kier molecular flexibility index (Phi) is 4.92. The Balaban J connectivity index is 1.45. The van der Waals surface area contributed by atoms with Crippen molar-refractivity contribution >= 4 is 11.7 Å². The molecule has 3 aliphatic rings. The average molecular weight is 345 g/mol. The van der Waals surface area contributed by atoms with Gasteiger partial charge in [0.05, 0.1) is 18.9 Å². The minimum absolute atomic E-state index is 0.0792. The fourth-order valence-corrected chi connectivity index (χ4v) is 4.09. The van der Waals surface area contributed by atoms with Crippen molar-refractivity contribution in [1.29, 1.82) is 0 Å².